The third-order valence-electron chi connectivity index (χ3n) is 10.9. The Balaban J connectivity index is 0.000000641. The molecule has 30 heteroatoms. The third-order valence-corrected chi connectivity index (χ3v) is 12.4. The van der Waals surface area contributed by atoms with Gasteiger partial charge in [-0.15, -0.1) is 0 Å². The van der Waals surface area contributed by atoms with Crippen LogP contribution >= 0.6 is 0 Å². The summed E-state index contributed by atoms with van der Waals surface area (Å²) in [6.07, 6.45) is -14.6. The molecular weight excluding hydrogens is 1080 g/mol. The Morgan fingerprint density at radius 1 is 0.577 bits per heavy atom. The van der Waals surface area contributed by atoms with Crippen molar-refractivity contribution in [3.05, 3.63) is 125 Å². The second-order valence-electron chi connectivity index (χ2n) is 16.8. The molecular formula is C48H53F9N8O12S. The first-order valence-corrected chi connectivity index (χ1v) is 24.4. The molecule has 9 rings (SSSR count). The van der Waals surface area contributed by atoms with E-state index in [4.69, 9.17) is 35.4 Å². The highest BCUT2D eigenvalue weighted by molar-refractivity contribution is 7.89. The van der Waals surface area contributed by atoms with E-state index in [9.17, 15) is 67.1 Å². The van der Waals surface area contributed by atoms with E-state index < -0.39 is 70.4 Å². The van der Waals surface area contributed by atoms with Crippen molar-refractivity contribution in [3.63, 3.8) is 0 Å². The van der Waals surface area contributed by atoms with Gasteiger partial charge in [0, 0.05) is 83.0 Å². The number of hydrogen-bond donors (Lipinski definition) is 9. The highest BCUT2D eigenvalue weighted by Crippen LogP contribution is 2.19. The average molecular weight is 1140 g/mol. The van der Waals surface area contributed by atoms with Gasteiger partial charge >= 0.3 is 36.4 Å². The zero-order valence-corrected chi connectivity index (χ0v) is 41.6. The summed E-state index contributed by atoms with van der Waals surface area (Å²) in [5.74, 6) is -9.70. The standard InChI is InChI=1S/C42H50N8O6S.3C2HF3O2/c43-28-32-6-8-33(9-7-32)29-44-41(53)37-26-30-10-14-34(15-11-30)45-39(51)18-20-49-22-24-50(25-23-49)21-19-40(52)46-35-16-12-31(13-17-35)27-38(42(54)47-37)48-57(55,56)36-4-2-1-3-5-36;3*3-2(4,5)1(6)7/h1-17,37-38,48H,18-29,43H2,(H,44,53)(H,45,51)(H,46,52)(H,47,54);3*(H,6,7)/t37-,38+;;;/m0.../s1. The van der Waals surface area contributed by atoms with Crippen molar-refractivity contribution in [2.45, 2.75) is 74.3 Å². The van der Waals surface area contributed by atoms with E-state index in [1.807, 2.05) is 24.3 Å². The summed E-state index contributed by atoms with van der Waals surface area (Å²) < 4.78 is 125. The first-order valence-electron chi connectivity index (χ1n) is 22.9. The van der Waals surface area contributed by atoms with Crippen LogP contribution in [0, 0.1) is 0 Å². The molecule has 0 aliphatic carbocycles. The predicted octanol–water partition coefficient (Wildman–Crippen LogP) is 4.27. The van der Waals surface area contributed by atoms with Crippen molar-refractivity contribution in [1.82, 2.24) is 25.2 Å². The van der Waals surface area contributed by atoms with E-state index in [0.29, 0.717) is 55.0 Å². The van der Waals surface area contributed by atoms with Crippen LogP contribution < -0.4 is 31.7 Å². The Morgan fingerprint density at radius 3 is 1.35 bits per heavy atom. The molecule has 6 bridgehead atoms. The van der Waals surface area contributed by atoms with Crippen molar-refractivity contribution in [3.8, 4) is 0 Å². The number of rotatable bonds is 7. The van der Waals surface area contributed by atoms with Crippen molar-refractivity contribution in [1.29, 1.82) is 0 Å². The van der Waals surface area contributed by atoms with Crippen molar-refractivity contribution in [2.24, 2.45) is 5.73 Å². The van der Waals surface area contributed by atoms with Crippen LogP contribution in [0.2, 0.25) is 0 Å². The molecule has 426 valence electrons. The second-order valence-corrected chi connectivity index (χ2v) is 18.5. The molecule has 1 fully saturated rings. The number of sulfonamides is 1. The van der Waals surface area contributed by atoms with Crippen LogP contribution in [-0.2, 0) is 69.5 Å². The Morgan fingerprint density at radius 2 is 0.962 bits per heavy atom. The van der Waals surface area contributed by atoms with E-state index in [2.05, 4.69) is 35.8 Å². The number of carboxylic acid groups (broad SMARTS) is 3. The molecule has 2 atom stereocenters. The first-order chi connectivity index (χ1) is 36.4. The summed E-state index contributed by atoms with van der Waals surface area (Å²) in [5, 5.41) is 33.0. The molecule has 5 aliphatic heterocycles. The molecule has 10 N–H and O–H groups in total. The topological polar surface area (TPSA) is 307 Å². The van der Waals surface area contributed by atoms with E-state index in [0.717, 1.165) is 37.3 Å². The minimum Gasteiger partial charge on any atom is -0.475 e. The van der Waals surface area contributed by atoms with Crippen LogP contribution in [0.15, 0.2) is 108 Å². The number of alkyl halides is 9. The first kappa shape index (κ1) is 64.6. The Bertz CT molecular complexity index is 2690. The molecule has 20 nitrogen and oxygen atoms in total. The smallest absolute Gasteiger partial charge is 0.475 e. The quantitative estimate of drug-likeness (QED) is 0.117. The zero-order valence-electron chi connectivity index (χ0n) is 40.8. The molecule has 0 saturated carbocycles. The highest BCUT2D eigenvalue weighted by atomic mass is 32.2. The fourth-order valence-corrected chi connectivity index (χ4v) is 7.97. The fraction of sp³-hybridized carbons (Fsp3) is 0.354. The Labute approximate surface area is 439 Å². The average Bonchev–Trinajstić information content (AvgIpc) is 3.38. The predicted molar refractivity (Wildman–Crippen MR) is 259 cm³/mol. The monoisotopic (exact) mass is 1140 g/mol. The summed E-state index contributed by atoms with van der Waals surface area (Å²) in [6.45, 7) is 5.00. The molecule has 0 unspecified atom stereocenters. The van der Waals surface area contributed by atoms with Gasteiger partial charge in [-0.3, -0.25) is 19.2 Å². The van der Waals surface area contributed by atoms with Crippen molar-refractivity contribution < 1.29 is 96.8 Å². The van der Waals surface area contributed by atoms with Gasteiger partial charge in [0.05, 0.1) is 4.90 Å². The summed E-state index contributed by atoms with van der Waals surface area (Å²) in [5.41, 5.74) is 10.0. The lowest BCUT2D eigenvalue weighted by atomic mass is 10.0. The number of amides is 4. The number of benzene rings is 4. The number of nitrogens with zero attached hydrogens (tertiary/aromatic N) is 2. The van der Waals surface area contributed by atoms with Crippen LogP contribution in [0.1, 0.15) is 35.1 Å². The van der Waals surface area contributed by atoms with Crippen LogP contribution in [0.5, 0.6) is 0 Å². The van der Waals surface area contributed by atoms with Crippen molar-refractivity contribution in [2.75, 3.05) is 49.9 Å². The maximum Gasteiger partial charge on any atom is 0.490 e. The summed E-state index contributed by atoms with van der Waals surface area (Å²) >= 11 is 0. The lowest BCUT2D eigenvalue weighted by Crippen LogP contribution is -2.55. The van der Waals surface area contributed by atoms with Gasteiger partial charge in [0.15, 0.2) is 0 Å². The van der Waals surface area contributed by atoms with Crippen LogP contribution in [0.25, 0.3) is 0 Å². The minimum absolute atomic E-state index is 0.0177. The number of anilines is 2. The van der Waals surface area contributed by atoms with E-state index in [-0.39, 0.29) is 36.1 Å². The molecule has 5 aliphatic rings. The number of halogens is 9. The number of hydrogen-bond acceptors (Lipinski definition) is 12. The van der Waals surface area contributed by atoms with Gasteiger partial charge < -0.3 is 52.1 Å². The molecule has 4 aromatic carbocycles. The molecule has 0 radical (unpaired) electrons. The minimum atomic E-state index is -5.08. The molecule has 5 heterocycles. The molecule has 4 aromatic rings. The van der Waals surface area contributed by atoms with Gasteiger partial charge in [0.2, 0.25) is 33.7 Å². The van der Waals surface area contributed by atoms with Gasteiger partial charge in [-0.2, -0.15) is 44.2 Å². The molecule has 0 spiro atoms. The van der Waals surface area contributed by atoms with E-state index >= 15 is 0 Å². The lowest BCUT2D eigenvalue weighted by molar-refractivity contribution is -0.193. The number of carboxylic acids is 3. The second kappa shape index (κ2) is 29.7. The highest BCUT2D eigenvalue weighted by Gasteiger charge is 2.39. The third kappa shape index (κ3) is 23.7. The van der Waals surface area contributed by atoms with Crippen LogP contribution in [0.3, 0.4) is 0 Å². The Kier molecular flexibility index (Phi) is 24.6. The van der Waals surface area contributed by atoms with Gasteiger partial charge in [0.25, 0.3) is 0 Å². The van der Waals surface area contributed by atoms with Crippen LogP contribution in [0.4, 0.5) is 50.9 Å². The summed E-state index contributed by atoms with van der Waals surface area (Å²) in [6, 6.07) is 26.8. The number of fused-ring (bicyclic) bond motifs is 3. The number of nitrogens with one attached hydrogen (secondary N) is 5. The molecule has 0 aromatic heterocycles. The van der Waals surface area contributed by atoms with Gasteiger partial charge in [-0.1, -0.05) is 66.7 Å². The largest absolute Gasteiger partial charge is 0.490 e. The van der Waals surface area contributed by atoms with E-state index in [1.54, 1.807) is 66.7 Å². The number of carbonyl (C=O) groups excluding carboxylic acids is 4. The summed E-state index contributed by atoms with van der Waals surface area (Å²) in [7, 11) is -4.16. The number of aliphatic carboxylic acids is 3. The van der Waals surface area contributed by atoms with E-state index in [1.165, 1.54) is 12.1 Å². The van der Waals surface area contributed by atoms with Gasteiger partial charge in [0.1, 0.15) is 12.1 Å². The number of piperazine rings is 1. The lowest BCUT2D eigenvalue weighted by Gasteiger charge is -2.34. The zero-order chi connectivity index (χ0) is 58.4. The normalized spacial score (nSPS) is 18.6. The SMILES string of the molecule is NCc1ccc(CNC(=O)[C@@H]2Cc3ccc(cc3)NC(=O)CCN3CCN(CCC(=O)Nc4ccc(cc4)C[C@@H](NS(=O)(=O)c4ccccc4)C(=O)N2)CC3)cc1.O=C(O)C(F)(F)F.O=C(O)C(F)(F)F.O=C(O)C(F)(F)F. The number of carbonyl (C=O) groups is 7. The Hall–Kier alpha value is -7.67. The van der Waals surface area contributed by atoms with Crippen LogP contribution in [-0.4, -0.2) is 145 Å². The number of nitrogens with two attached hydrogens (primary N) is 1. The van der Waals surface area contributed by atoms with Crippen molar-refractivity contribution >= 4 is 62.9 Å². The summed E-state index contributed by atoms with van der Waals surface area (Å²) in [4.78, 5) is 84.9. The fourth-order valence-electron chi connectivity index (χ4n) is 6.75. The van der Waals surface area contributed by atoms with Gasteiger partial charge in [-0.25, -0.2) is 22.8 Å². The maximum atomic E-state index is 14.2. The molecule has 78 heavy (non-hydrogen) atoms. The maximum absolute atomic E-state index is 14.2. The molecule has 1 saturated heterocycles. The molecule has 4 amide bonds. The van der Waals surface area contributed by atoms with Gasteiger partial charge in [-0.05, 0) is 65.1 Å².